The van der Waals surface area contributed by atoms with E-state index in [2.05, 4.69) is 43.3 Å². The molecule has 74 valence electrons. The lowest BCUT2D eigenvalue weighted by Gasteiger charge is -2.04. The molecule has 0 atom stereocenters. The summed E-state index contributed by atoms with van der Waals surface area (Å²) in [5.74, 6) is 0.930. The number of alkyl halides is 1. The summed E-state index contributed by atoms with van der Waals surface area (Å²) in [6.07, 6.45) is 0. The lowest BCUT2D eigenvalue weighted by Crippen LogP contribution is -1.84. The Kier molecular flexibility index (Phi) is 3.14. The highest BCUT2D eigenvalue weighted by Gasteiger charge is 2.10. The predicted molar refractivity (Wildman–Crippen MR) is 68.7 cm³/mol. The zero-order chi connectivity index (χ0) is 10.1. The quantitative estimate of drug-likeness (QED) is 0.730. The number of fused-ring (bicyclic) bond motifs is 1. The van der Waals surface area contributed by atoms with Gasteiger partial charge in [0.2, 0.25) is 0 Å². The van der Waals surface area contributed by atoms with E-state index in [4.69, 9.17) is 4.74 Å². The van der Waals surface area contributed by atoms with Crippen molar-refractivity contribution in [3.8, 4) is 5.75 Å². The van der Waals surface area contributed by atoms with Crippen LogP contribution in [0.1, 0.15) is 5.56 Å². The normalized spacial score (nSPS) is 10.8. The second kappa shape index (κ2) is 4.21. The average Bonchev–Trinajstić information content (AvgIpc) is 2.60. The van der Waals surface area contributed by atoms with E-state index in [-0.39, 0.29) is 0 Å². The summed E-state index contributed by atoms with van der Waals surface area (Å²) < 4.78 is 7.58. The molecule has 2 aromatic rings. The molecule has 0 aliphatic heterocycles. The van der Waals surface area contributed by atoms with E-state index in [0.717, 1.165) is 15.6 Å². The molecule has 2 rings (SSSR count). The third-order valence-electron chi connectivity index (χ3n) is 2.08. The molecule has 1 aromatic heterocycles. The maximum absolute atomic E-state index is 5.36. The number of hydrogen-bond acceptors (Lipinski definition) is 2. The molecule has 0 bridgehead atoms. The molecule has 0 N–H and O–H groups in total. The molecular formula is C10H8Br2OS. The lowest BCUT2D eigenvalue weighted by atomic mass is 10.2. The Balaban J connectivity index is 2.76. The number of halogens is 2. The summed E-state index contributed by atoms with van der Waals surface area (Å²) in [4.78, 5) is 0. The molecule has 0 aliphatic carbocycles. The molecule has 0 fully saturated rings. The molecule has 14 heavy (non-hydrogen) atoms. The SMILES string of the molecule is COc1c(Br)ccc2c(CBr)csc12. The van der Waals surface area contributed by atoms with E-state index < -0.39 is 0 Å². The van der Waals surface area contributed by atoms with Gasteiger partial charge in [-0.2, -0.15) is 0 Å². The van der Waals surface area contributed by atoms with E-state index in [1.807, 2.05) is 6.07 Å². The molecule has 4 heteroatoms. The minimum atomic E-state index is 0.887. The number of methoxy groups -OCH3 is 1. The maximum atomic E-state index is 5.36. The van der Waals surface area contributed by atoms with Crippen molar-refractivity contribution in [2.75, 3.05) is 7.11 Å². The van der Waals surface area contributed by atoms with Crippen molar-refractivity contribution in [3.63, 3.8) is 0 Å². The van der Waals surface area contributed by atoms with Crippen LogP contribution in [-0.2, 0) is 5.33 Å². The molecular weight excluding hydrogens is 328 g/mol. The first-order chi connectivity index (χ1) is 6.77. The van der Waals surface area contributed by atoms with Crippen molar-refractivity contribution in [2.24, 2.45) is 0 Å². The average molecular weight is 336 g/mol. The highest BCUT2D eigenvalue weighted by Crippen LogP contribution is 2.39. The molecule has 1 nitrogen and oxygen atoms in total. The Labute approximate surface area is 103 Å². The summed E-state index contributed by atoms with van der Waals surface area (Å²) in [5, 5.41) is 4.32. The van der Waals surface area contributed by atoms with Crippen molar-refractivity contribution < 1.29 is 4.74 Å². The van der Waals surface area contributed by atoms with Gasteiger partial charge in [0.1, 0.15) is 0 Å². The van der Waals surface area contributed by atoms with Gasteiger partial charge in [0.05, 0.1) is 16.3 Å². The van der Waals surface area contributed by atoms with Crippen LogP contribution in [0, 0.1) is 0 Å². The van der Waals surface area contributed by atoms with Gasteiger partial charge in [-0.25, -0.2) is 0 Å². The van der Waals surface area contributed by atoms with Crippen molar-refractivity contribution in [1.29, 1.82) is 0 Å². The van der Waals surface area contributed by atoms with E-state index >= 15 is 0 Å². The van der Waals surface area contributed by atoms with Gasteiger partial charge in [-0.1, -0.05) is 22.0 Å². The van der Waals surface area contributed by atoms with Crippen molar-refractivity contribution in [1.82, 2.24) is 0 Å². The van der Waals surface area contributed by atoms with Crippen molar-refractivity contribution in [3.05, 3.63) is 27.5 Å². The Hall–Kier alpha value is -0.0600. The van der Waals surface area contributed by atoms with Crippen LogP contribution in [0.2, 0.25) is 0 Å². The molecule has 0 saturated carbocycles. The number of ether oxygens (including phenoxy) is 1. The van der Waals surface area contributed by atoms with Gasteiger partial charge in [-0.3, -0.25) is 0 Å². The van der Waals surface area contributed by atoms with Crippen molar-refractivity contribution >= 4 is 53.3 Å². The van der Waals surface area contributed by atoms with E-state index in [0.29, 0.717) is 0 Å². The summed E-state index contributed by atoms with van der Waals surface area (Å²) in [6.45, 7) is 0. The number of benzene rings is 1. The van der Waals surface area contributed by atoms with Crippen LogP contribution in [0.3, 0.4) is 0 Å². The zero-order valence-corrected chi connectivity index (χ0v) is 11.5. The van der Waals surface area contributed by atoms with E-state index in [1.165, 1.54) is 15.6 Å². The number of thiophene rings is 1. The van der Waals surface area contributed by atoms with Crippen LogP contribution in [0.5, 0.6) is 5.75 Å². The minimum Gasteiger partial charge on any atom is -0.494 e. The maximum Gasteiger partial charge on any atom is 0.150 e. The summed E-state index contributed by atoms with van der Waals surface area (Å²) in [5.41, 5.74) is 1.32. The fraction of sp³-hybridized carbons (Fsp3) is 0.200. The van der Waals surface area contributed by atoms with Crippen LogP contribution in [-0.4, -0.2) is 7.11 Å². The van der Waals surface area contributed by atoms with Crippen LogP contribution in [0.4, 0.5) is 0 Å². The van der Waals surface area contributed by atoms with Gasteiger partial charge in [0, 0.05) is 10.7 Å². The van der Waals surface area contributed by atoms with E-state index in [9.17, 15) is 0 Å². The Morgan fingerprint density at radius 2 is 2.21 bits per heavy atom. The fourth-order valence-electron chi connectivity index (χ4n) is 1.40. The van der Waals surface area contributed by atoms with Gasteiger partial charge in [0.25, 0.3) is 0 Å². The predicted octanol–water partition coefficient (Wildman–Crippen LogP) is 4.57. The molecule has 0 spiro atoms. The molecule has 0 unspecified atom stereocenters. The van der Waals surface area contributed by atoms with Crippen molar-refractivity contribution in [2.45, 2.75) is 5.33 Å². The highest BCUT2D eigenvalue weighted by molar-refractivity contribution is 9.10. The first kappa shape index (κ1) is 10.5. The molecule has 1 aromatic carbocycles. The molecule has 0 radical (unpaired) electrons. The minimum absolute atomic E-state index is 0.887. The number of hydrogen-bond donors (Lipinski definition) is 0. The van der Waals surface area contributed by atoms with Crippen LogP contribution >= 0.6 is 43.2 Å². The van der Waals surface area contributed by atoms with Gasteiger partial charge >= 0.3 is 0 Å². The first-order valence-corrected chi connectivity index (χ1v) is 6.86. The summed E-state index contributed by atoms with van der Waals surface area (Å²) in [7, 11) is 1.70. The zero-order valence-electron chi connectivity index (χ0n) is 7.51. The molecule has 0 aliphatic rings. The lowest BCUT2D eigenvalue weighted by molar-refractivity contribution is 0.418. The monoisotopic (exact) mass is 334 g/mol. The third-order valence-corrected chi connectivity index (χ3v) is 4.35. The molecule has 0 amide bonds. The van der Waals surface area contributed by atoms with Crippen LogP contribution in [0.25, 0.3) is 10.1 Å². The summed E-state index contributed by atoms with van der Waals surface area (Å²) in [6, 6.07) is 4.15. The fourth-order valence-corrected chi connectivity index (χ4v) is 3.79. The number of rotatable bonds is 2. The second-order valence-corrected chi connectivity index (χ2v) is 5.15. The van der Waals surface area contributed by atoms with Gasteiger partial charge in [-0.05, 0) is 32.9 Å². The van der Waals surface area contributed by atoms with Gasteiger partial charge < -0.3 is 4.74 Å². The highest BCUT2D eigenvalue weighted by atomic mass is 79.9. The standard InChI is InChI=1S/C10H8Br2OS/c1-13-9-8(12)3-2-7-6(4-11)5-14-10(7)9/h2-3,5H,4H2,1H3. The smallest absolute Gasteiger partial charge is 0.150 e. The van der Waals surface area contributed by atoms with E-state index in [1.54, 1.807) is 18.4 Å². The Bertz CT molecular complexity index is 464. The summed E-state index contributed by atoms with van der Waals surface area (Å²) >= 11 is 8.67. The van der Waals surface area contributed by atoms with Gasteiger partial charge in [0.15, 0.2) is 5.75 Å². The van der Waals surface area contributed by atoms with Crippen LogP contribution < -0.4 is 4.74 Å². The van der Waals surface area contributed by atoms with Crippen LogP contribution in [0.15, 0.2) is 22.0 Å². The topological polar surface area (TPSA) is 9.23 Å². The largest absolute Gasteiger partial charge is 0.494 e. The Morgan fingerprint density at radius 3 is 2.86 bits per heavy atom. The first-order valence-electron chi connectivity index (χ1n) is 4.06. The molecule has 1 heterocycles. The third kappa shape index (κ3) is 1.59. The Morgan fingerprint density at radius 1 is 1.43 bits per heavy atom. The van der Waals surface area contributed by atoms with Gasteiger partial charge in [-0.15, -0.1) is 11.3 Å². The second-order valence-electron chi connectivity index (χ2n) is 2.85. The molecule has 0 saturated heterocycles.